The molecule has 1 rings (SSSR count). The largest absolute Gasteiger partial charge is 0.480 e. The predicted octanol–water partition coefficient (Wildman–Crippen LogP) is 1.93. The van der Waals surface area contributed by atoms with Crippen molar-refractivity contribution in [1.29, 1.82) is 0 Å². The highest BCUT2D eigenvalue weighted by atomic mass is 35.5. The summed E-state index contributed by atoms with van der Waals surface area (Å²) in [6.45, 7) is 0. The third-order valence-electron chi connectivity index (χ3n) is 1.94. The number of aliphatic carboxylic acids is 1. The first kappa shape index (κ1) is 13.9. The summed E-state index contributed by atoms with van der Waals surface area (Å²) >= 11 is 0. The van der Waals surface area contributed by atoms with Gasteiger partial charge in [0.05, 0.1) is 0 Å². The molecule has 0 aromatic heterocycles. The first-order valence-corrected chi connectivity index (χ1v) is 4.17. The Labute approximate surface area is 93.9 Å². The molecule has 0 heterocycles. The maximum absolute atomic E-state index is 12.6. The van der Waals surface area contributed by atoms with Crippen LogP contribution in [-0.2, 0) is 4.79 Å². The van der Waals surface area contributed by atoms with Gasteiger partial charge >= 0.3 is 5.97 Å². The minimum atomic E-state index is -0.943. The molecule has 1 atom stereocenters. The fourth-order valence-electron chi connectivity index (χ4n) is 1.31. The summed E-state index contributed by atoms with van der Waals surface area (Å²) in [5, 5.41) is 8.93. The smallest absolute Gasteiger partial charge is 0.325 e. The van der Waals surface area contributed by atoms with Gasteiger partial charge in [0.1, 0.15) is 11.9 Å². The Kier molecular flexibility index (Phi) is 5.25. The third kappa shape index (κ3) is 3.49. The molecule has 84 valence electrons. The molecule has 0 saturated carbocycles. The van der Waals surface area contributed by atoms with Crippen molar-refractivity contribution < 1.29 is 14.3 Å². The highest BCUT2D eigenvalue weighted by Crippen LogP contribution is 2.18. The molecule has 3 nitrogen and oxygen atoms in total. The van der Waals surface area contributed by atoms with Crippen LogP contribution in [0.15, 0.2) is 24.3 Å². The number of benzene rings is 1. The molecule has 0 bridgehead atoms. The SMILES string of the molecule is CN(C)C(C(=O)O)c1ccc(F)cc1.Cl. The first-order chi connectivity index (χ1) is 6.52. The number of hydrogen-bond acceptors (Lipinski definition) is 2. The van der Waals surface area contributed by atoms with Gasteiger partial charge < -0.3 is 5.11 Å². The van der Waals surface area contributed by atoms with Crippen molar-refractivity contribution in [1.82, 2.24) is 4.90 Å². The van der Waals surface area contributed by atoms with Gasteiger partial charge in [0.15, 0.2) is 0 Å². The van der Waals surface area contributed by atoms with E-state index in [4.69, 9.17) is 5.11 Å². The number of nitrogens with zero attached hydrogens (tertiary/aromatic N) is 1. The standard InChI is InChI=1S/C10H12FNO2.ClH/c1-12(2)9(10(13)14)7-3-5-8(11)6-4-7;/h3-6,9H,1-2H3,(H,13,14);1H. The van der Waals surface area contributed by atoms with Gasteiger partial charge in [-0.1, -0.05) is 12.1 Å². The van der Waals surface area contributed by atoms with Gasteiger partial charge in [-0.25, -0.2) is 4.39 Å². The van der Waals surface area contributed by atoms with Crippen LogP contribution in [0.5, 0.6) is 0 Å². The maximum atomic E-state index is 12.6. The lowest BCUT2D eigenvalue weighted by Gasteiger charge is -2.20. The van der Waals surface area contributed by atoms with Crippen molar-refractivity contribution in [3.63, 3.8) is 0 Å². The van der Waals surface area contributed by atoms with E-state index in [1.165, 1.54) is 24.3 Å². The van der Waals surface area contributed by atoms with Crippen LogP contribution < -0.4 is 0 Å². The molecule has 0 amide bonds. The topological polar surface area (TPSA) is 40.5 Å². The van der Waals surface area contributed by atoms with E-state index >= 15 is 0 Å². The van der Waals surface area contributed by atoms with Crippen LogP contribution in [0.2, 0.25) is 0 Å². The number of rotatable bonds is 3. The number of likely N-dealkylation sites (N-methyl/N-ethyl adjacent to an activating group) is 1. The molecule has 0 radical (unpaired) electrons. The lowest BCUT2D eigenvalue weighted by Crippen LogP contribution is -2.27. The van der Waals surface area contributed by atoms with Crippen molar-refractivity contribution in [2.45, 2.75) is 6.04 Å². The maximum Gasteiger partial charge on any atom is 0.325 e. The molecule has 0 spiro atoms. The normalized spacial score (nSPS) is 12.0. The van der Waals surface area contributed by atoms with E-state index in [1.807, 2.05) is 0 Å². The summed E-state index contributed by atoms with van der Waals surface area (Å²) in [7, 11) is 3.34. The minimum Gasteiger partial charge on any atom is -0.480 e. The van der Waals surface area contributed by atoms with Crippen LogP contribution in [0.4, 0.5) is 4.39 Å². The van der Waals surface area contributed by atoms with Gasteiger partial charge in [-0.15, -0.1) is 12.4 Å². The Balaban J connectivity index is 0.00000196. The van der Waals surface area contributed by atoms with E-state index < -0.39 is 12.0 Å². The fraction of sp³-hybridized carbons (Fsp3) is 0.300. The fourth-order valence-corrected chi connectivity index (χ4v) is 1.31. The molecule has 5 heteroatoms. The monoisotopic (exact) mass is 233 g/mol. The Morgan fingerprint density at radius 3 is 2.13 bits per heavy atom. The molecule has 15 heavy (non-hydrogen) atoms. The van der Waals surface area contributed by atoms with E-state index in [2.05, 4.69) is 0 Å². The summed E-state index contributed by atoms with van der Waals surface area (Å²) in [4.78, 5) is 12.5. The minimum absolute atomic E-state index is 0. The predicted molar refractivity (Wildman–Crippen MR) is 57.7 cm³/mol. The second kappa shape index (κ2) is 5.68. The van der Waals surface area contributed by atoms with Crippen LogP contribution in [0, 0.1) is 5.82 Å². The van der Waals surface area contributed by atoms with Crippen LogP contribution in [-0.4, -0.2) is 30.1 Å². The number of carbonyl (C=O) groups is 1. The van der Waals surface area contributed by atoms with Crippen LogP contribution in [0.1, 0.15) is 11.6 Å². The van der Waals surface area contributed by atoms with Gasteiger partial charge in [-0.05, 0) is 31.8 Å². The van der Waals surface area contributed by atoms with Gasteiger partial charge in [0.25, 0.3) is 0 Å². The van der Waals surface area contributed by atoms with Crippen molar-refractivity contribution in [3.05, 3.63) is 35.6 Å². The van der Waals surface area contributed by atoms with E-state index in [9.17, 15) is 9.18 Å². The number of hydrogen-bond donors (Lipinski definition) is 1. The number of halogens is 2. The highest BCUT2D eigenvalue weighted by Gasteiger charge is 2.21. The van der Waals surface area contributed by atoms with E-state index in [-0.39, 0.29) is 18.2 Å². The summed E-state index contributed by atoms with van der Waals surface area (Å²) in [6, 6.07) is 4.75. The molecular formula is C10H13ClFNO2. The molecular weight excluding hydrogens is 221 g/mol. The van der Waals surface area contributed by atoms with Gasteiger partial charge in [-0.2, -0.15) is 0 Å². The molecule has 1 aromatic carbocycles. The van der Waals surface area contributed by atoms with E-state index in [1.54, 1.807) is 19.0 Å². The lowest BCUT2D eigenvalue weighted by atomic mass is 10.1. The van der Waals surface area contributed by atoms with E-state index in [0.29, 0.717) is 5.56 Å². The number of carboxylic acid groups (broad SMARTS) is 1. The van der Waals surface area contributed by atoms with Crippen LogP contribution >= 0.6 is 12.4 Å². The lowest BCUT2D eigenvalue weighted by molar-refractivity contribution is -0.142. The summed E-state index contributed by atoms with van der Waals surface area (Å²) in [5.74, 6) is -1.31. The van der Waals surface area contributed by atoms with Gasteiger partial charge in [0.2, 0.25) is 0 Å². The molecule has 0 aliphatic carbocycles. The Morgan fingerprint density at radius 2 is 1.80 bits per heavy atom. The average Bonchev–Trinajstić information content (AvgIpc) is 2.07. The van der Waals surface area contributed by atoms with Gasteiger partial charge in [0, 0.05) is 0 Å². The van der Waals surface area contributed by atoms with Crippen LogP contribution in [0.25, 0.3) is 0 Å². The Bertz CT molecular complexity index is 327. The molecule has 0 aliphatic rings. The second-order valence-electron chi connectivity index (χ2n) is 3.26. The molecule has 1 N–H and O–H groups in total. The summed E-state index contributed by atoms with van der Waals surface area (Å²) in [6.07, 6.45) is 0. The average molecular weight is 234 g/mol. The van der Waals surface area contributed by atoms with Crippen molar-refractivity contribution in [2.75, 3.05) is 14.1 Å². The quantitative estimate of drug-likeness (QED) is 0.868. The third-order valence-corrected chi connectivity index (χ3v) is 1.94. The van der Waals surface area contributed by atoms with Crippen LogP contribution in [0.3, 0.4) is 0 Å². The van der Waals surface area contributed by atoms with E-state index in [0.717, 1.165) is 0 Å². The van der Waals surface area contributed by atoms with Crippen molar-refractivity contribution >= 4 is 18.4 Å². The molecule has 0 aliphatic heterocycles. The first-order valence-electron chi connectivity index (χ1n) is 4.17. The second-order valence-corrected chi connectivity index (χ2v) is 3.26. The summed E-state index contributed by atoms with van der Waals surface area (Å²) < 4.78 is 12.6. The highest BCUT2D eigenvalue weighted by molar-refractivity contribution is 5.85. The van der Waals surface area contributed by atoms with Crippen molar-refractivity contribution in [3.8, 4) is 0 Å². The van der Waals surface area contributed by atoms with Gasteiger partial charge in [-0.3, -0.25) is 9.69 Å². The number of carboxylic acids is 1. The Hall–Kier alpha value is -1.13. The zero-order valence-electron chi connectivity index (χ0n) is 8.48. The zero-order chi connectivity index (χ0) is 10.7. The molecule has 0 fully saturated rings. The Morgan fingerprint density at radius 1 is 1.33 bits per heavy atom. The zero-order valence-corrected chi connectivity index (χ0v) is 9.29. The van der Waals surface area contributed by atoms with Crippen molar-refractivity contribution in [2.24, 2.45) is 0 Å². The molecule has 1 aromatic rings. The molecule has 0 saturated heterocycles. The molecule has 1 unspecified atom stereocenters. The summed E-state index contributed by atoms with van der Waals surface area (Å²) in [5.41, 5.74) is 0.573.